The highest BCUT2D eigenvalue weighted by atomic mass is 19.4. The minimum atomic E-state index is -4.63. The Bertz CT molecular complexity index is 1140. The first-order chi connectivity index (χ1) is 13.7. The molecule has 1 heterocycles. The van der Waals surface area contributed by atoms with Crippen molar-refractivity contribution in [2.75, 3.05) is 18.9 Å². The predicted molar refractivity (Wildman–Crippen MR) is 102 cm³/mol. The van der Waals surface area contributed by atoms with Gasteiger partial charge in [-0.2, -0.15) is 13.2 Å². The number of nitrogens with zero attached hydrogens (tertiary/aromatic N) is 1. The molecule has 150 valence electrons. The quantitative estimate of drug-likeness (QED) is 0.702. The summed E-state index contributed by atoms with van der Waals surface area (Å²) in [6.07, 6.45) is -4.63. The van der Waals surface area contributed by atoms with Gasteiger partial charge in [0.25, 0.3) is 5.91 Å². The topological polar surface area (TPSA) is 82.3 Å². The summed E-state index contributed by atoms with van der Waals surface area (Å²) >= 11 is 0. The molecule has 0 unspecified atom stereocenters. The Morgan fingerprint density at radius 3 is 2.45 bits per heavy atom. The Balaban J connectivity index is 1.80. The average Bonchev–Trinajstić information content (AvgIpc) is 2.66. The van der Waals surface area contributed by atoms with Crippen LogP contribution in [0.5, 0.6) is 0 Å². The van der Waals surface area contributed by atoms with Crippen LogP contribution >= 0.6 is 0 Å². The zero-order valence-corrected chi connectivity index (χ0v) is 15.2. The summed E-state index contributed by atoms with van der Waals surface area (Å²) < 4.78 is 39.1. The Morgan fingerprint density at radius 2 is 1.72 bits per heavy atom. The number of carbonyl (C=O) groups excluding carboxylic acids is 2. The van der Waals surface area contributed by atoms with E-state index in [0.717, 1.165) is 23.1 Å². The zero-order valence-electron chi connectivity index (χ0n) is 15.2. The Hall–Kier alpha value is -3.62. The molecule has 0 spiro atoms. The minimum Gasteiger partial charge on any atom is -0.332 e. The third kappa shape index (κ3) is 4.45. The predicted octanol–water partition coefficient (Wildman–Crippen LogP) is 3.26. The van der Waals surface area contributed by atoms with Gasteiger partial charge in [-0.15, -0.1) is 0 Å². The number of carbonyl (C=O) groups is 2. The molecule has 0 aliphatic heterocycles. The molecule has 29 heavy (non-hydrogen) atoms. The summed E-state index contributed by atoms with van der Waals surface area (Å²) in [5, 5.41) is 2.67. The molecule has 0 aliphatic carbocycles. The Labute approximate surface area is 163 Å². The highest BCUT2D eigenvalue weighted by Gasteiger charge is 2.33. The van der Waals surface area contributed by atoms with Gasteiger partial charge in [0.1, 0.15) is 0 Å². The van der Waals surface area contributed by atoms with Crippen LogP contribution in [0.3, 0.4) is 0 Å². The van der Waals surface area contributed by atoms with Crippen LogP contribution in [0.2, 0.25) is 0 Å². The van der Waals surface area contributed by atoms with Gasteiger partial charge in [0.05, 0.1) is 23.4 Å². The minimum absolute atomic E-state index is 0.0929. The summed E-state index contributed by atoms with van der Waals surface area (Å²) in [5.74, 6) is -1.40. The second-order valence-corrected chi connectivity index (χ2v) is 6.35. The summed E-state index contributed by atoms with van der Waals surface area (Å²) in [6.45, 7) is -0.494. The molecule has 1 aromatic heterocycles. The number of anilines is 1. The van der Waals surface area contributed by atoms with E-state index in [0.29, 0.717) is 10.9 Å². The number of H-pyrrole nitrogens is 1. The molecule has 6 nitrogen and oxygen atoms in total. The maximum absolute atomic E-state index is 13.0. The third-order valence-corrected chi connectivity index (χ3v) is 4.21. The fraction of sp³-hybridized carbons (Fsp3) is 0.150. The number of benzene rings is 2. The van der Waals surface area contributed by atoms with Gasteiger partial charge < -0.3 is 15.2 Å². The molecule has 9 heteroatoms. The molecule has 2 N–H and O–H groups in total. The summed E-state index contributed by atoms with van der Waals surface area (Å²) in [5.41, 5.74) is -1.31. The van der Waals surface area contributed by atoms with E-state index in [1.807, 2.05) is 0 Å². The van der Waals surface area contributed by atoms with Crippen LogP contribution in [0.1, 0.15) is 15.9 Å². The lowest BCUT2D eigenvalue weighted by molar-refractivity contribution is -0.137. The lowest BCUT2D eigenvalue weighted by Gasteiger charge is -2.19. The van der Waals surface area contributed by atoms with Crippen molar-refractivity contribution in [1.29, 1.82) is 0 Å². The van der Waals surface area contributed by atoms with Crippen molar-refractivity contribution in [3.8, 4) is 0 Å². The summed E-state index contributed by atoms with van der Waals surface area (Å²) in [6, 6.07) is 12.4. The van der Waals surface area contributed by atoms with Gasteiger partial charge in [0.15, 0.2) is 0 Å². The monoisotopic (exact) mass is 403 g/mol. The van der Waals surface area contributed by atoms with Crippen LogP contribution < -0.4 is 10.9 Å². The van der Waals surface area contributed by atoms with Crippen molar-refractivity contribution in [1.82, 2.24) is 9.88 Å². The van der Waals surface area contributed by atoms with Gasteiger partial charge in [0.2, 0.25) is 11.5 Å². The van der Waals surface area contributed by atoms with E-state index in [9.17, 15) is 27.6 Å². The molecule has 3 rings (SSSR count). The maximum Gasteiger partial charge on any atom is 0.418 e. The third-order valence-electron chi connectivity index (χ3n) is 4.21. The average molecular weight is 403 g/mol. The van der Waals surface area contributed by atoms with Crippen LogP contribution in [-0.4, -0.2) is 35.3 Å². The first-order valence-electron chi connectivity index (χ1n) is 8.50. The molecule has 0 saturated carbocycles. The SMILES string of the molecule is CN(CC(=O)Nc1ccccc1C(F)(F)F)C(=O)c1cc(=O)[nH]c2ccccc12. The molecule has 3 aromatic rings. The lowest BCUT2D eigenvalue weighted by atomic mass is 10.1. The largest absolute Gasteiger partial charge is 0.418 e. The summed E-state index contributed by atoms with van der Waals surface area (Å²) in [7, 11) is 1.33. The van der Waals surface area contributed by atoms with Crippen LogP contribution in [0.15, 0.2) is 59.4 Å². The number of pyridine rings is 1. The van der Waals surface area contributed by atoms with Crippen molar-refractivity contribution < 1.29 is 22.8 Å². The second kappa shape index (κ2) is 7.78. The van der Waals surface area contributed by atoms with E-state index in [2.05, 4.69) is 10.3 Å². The van der Waals surface area contributed by atoms with E-state index in [1.165, 1.54) is 19.2 Å². The van der Waals surface area contributed by atoms with Crippen LogP contribution in [0, 0.1) is 0 Å². The number of likely N-dealkylation sites (N-methyl/N-ethyl adjacent to an activating group) is 1. The number of alkyl halides is 3. The van der Waals surface area contributed by atoms with Crippen LogP contribution in [0.4, 0.5) is 18.9 Å². The van der Waals surface area contributed by atoms with Crippen molar-refractivity contribution in [2.24, 2.45) is 0 Å². The molecular weight excluding hydrogens is 387 g/mol. The number of halogens is 3. The molecule has 0 radical (unpaired) electrons. The van der Waals surface area contributed by atoms with Crippen molar-refractivity contribution in [3.05, 3.63) is 76.1 Å². The van der Waals surface area contributed by atoms with E-state index in [-0.39, 0.29) is 5.56 Å². The molecule has 2 amide bonds. The number of aromatic amines is 1. The van der Waals surface area contributed by atoms with Gasteiger partial charge in [-0.05, 0) is 18.2 Å². The van der Waals surface area contributed by atoms with Crippen molar-refractivity contribution in [2.45, 2.75) is 6.18 Å². The standard InChI is InChI=1S/C20H16F3N3O3/c1-26(11-18(28)25-16-9-5-3-7-14(16)20(21,22)23)19(29)13-10-17(27)24-15-8-4-2-6-12(13)15/h2-10H,11H2,1H3,(H,24,27)(H,25,28). The van der Waals surface area contributed by atoms with Crippen molar-refractivity contribution in [3.63, 3.8) is 0 Å². The van der Waals surface area contributed by atoms with Crippen molar-refractivity contribution >= 4 is 28.4 Å². The Kier molecular flexibility index (Phi) is 5.40. The molecule has 0 aliphatic rings. The number of aromatic nitrogens is 1. The second-order valence-electron chi connectivity index (χ2n) is 6.35. The van der Waals surface area contributed by atoms with E-state index in [1.54, 1.807) is 24.3 Å². The van der Waals surface area contributed by atoms with E-state index >= 15 is 0 Å². The highest BCUT2D eigenvalue weighted by Crippen LogP contribution is 2.34. The van der Waals surface area contributed by atoms with Crippen LogP contribution in [0.25, 0.3) is 10.9 Å². The lowest BCUT2D eigenvalue weighted by Crippen LogP contribution is -2.35. The van der Waals surface area contributed by atoms with Crippen LogP contribution in [-0.2, 0) is 11.0 Å². The number of para-hydroxylation sites is 2. The van der Waals surface area contributed by atoms with Gasteiger partial charge in [0, 0.05) is 24.0 Å². The fourth-order valence-corrected chi connectivity index (χ4v) is 2.90. The Morgan fingerprint density at radius 1 is 1.07 bits per heavy atom. The molecule has 0 saturated heterocycles. The molecule has 0 atom stereocenters. The molecular formula is C20H16F3N3O3. The van der Waals surface area contributed by atoms with Gasteiger partial charge in [-0.25, -0.2) is 0 Å². The van der Waals surface area contributed by atoms with Gasteiger partial charge in [-0.1, -0.05) is 30.3 Å². The smallest absolute Gasteiger partial charge is 0.332 e. The molecule has 2 aromatic carbocycles. The number of hydrogen-bond acceptors (Lipinski definition) is 3. The first kappa shape index (κ1) is 20.1. The first-order valence-corrected chi connectivity index (χ1v) is 8.50. The number of amides is 2. The molecule has 0 fully saturated rings. The molecule has 0 bridgehead atoms. The van der Waals surface area contributed by atoms with Gasteiger partial charge in [-0.3, -0.25) is 14.4 Å². The van der Waals surface area contributed by atoms with E-state index < -0.39 is 41.3 Å². The number of nitrogens with one attached hydrogen (secondary N) is 2. The number of hydrogen-bond donors (Lipinski definition) is 2. The van der Waals surface area contributed by atoms with Gasteiger partial charge >= 0.3 is 6.18 Å². The zero-order chi connectivity index (χ0) is 21.2. The van der Waals surface area contributed by atoms with E-state index in [4.69, 9.17) is 0 Å². The fourth-order valence-electron chi connectivity index (χ4n) is 2.90. The number of fused-ring (bicyclic) bond motifs is 1. The number of rotatable bonds is 4. The summed E-state index contributed by atoms with van der Waals surface area (Å²) in [4.78, 5) is 40.4. The maximum atomic E-state index is 13.0. The highest BCUT2D eigenvalue weighted by molar-refractivity contribution is 6.07. The normalized spacial score (nSPS) is 11.3.